The summed E-state index contributed by atoms with van der Waals surface area (Å²) in [4.78, 5) is 0.297. The second kappa shape index (κ2) is 5.10. The lowest BCUT2D eigenvalue weighted by Gasteiger charge is -2.14. The smallest absolute Gasteiger partial charge is 0.171 e. The van der Waals surface area contributed by atoms with Gasteiger partial charge in [0.25, 0.3) is 0 Å². The van der Waals surface area contributed by atoms with E-state index in [1.54, 1.807) is 0 Å². The monoisotopic (exact) mass is 246 g/mol. The maximum absolute atomic E-state index is 11.7. The normalized spacial score (nSPS) is 17.5. The highest BCUT2D eigenvalue weighted by atomic mass is 79.9. The van der Waals surface area contributed by atoms with Crippen LogP contribution in [-0.2, 0) is 0 Å². The average molecular weight is 247 g/mol. The Hall–Kier alpha value is 0.270. The van der Waals surface area contributed by atoms with E-state index in [0.717, 1.165) is 0 Å². The van der Waals surface area contributed by atoms with E-state index in [9.17, 15) is 13.2 Å². The first-order chi connectivity index (χ1) is 5.33. The van der Waals surface area contributed by atoms with Crippen LogP contribution in [0.4, 0.5) is 13.2 Å². The summed E-state index contributed by atoms with van der Waals surface area (Å²) in [5, 5.41) is 0. The molecule has 2 atom stereocenters. The van der Waals surface area contributed by atoms with Gasteiger partial charge in [-0.15, -0.1) is 0 Å². The maximum atomic E-state index is 11.7. The third kappa shape index (κ3) is 6.95. The summed E-state index contributed by atoms with van der Waals surface area (Å²) >= 11 is 3.34. The van der Waals surface area contributed by atoms with Gasteiger partial charge in [0.2, 0.25) is 0 Å². The zero-order chi connectivity index (χ0) is 9.78. The Morgan fingerprint density at radius 1 is 1.25 bits per heavy atom. The SMILES string of the molecule is CC(Br)C(C)CCCC(F)(F)F. The molecule has 0 heterocycles. The van der Waals surface area contributed by atoms with Crippen molar-refractivity contribution in [1.29, 1.82) is 0 Å². The first-order valence-corrected chi connectivity index (χ1v) is 4.95. The fourth-order valence-electron chi connectivity index (χ4n) is 0.854. The van der Waals surface area contributed by atoms with E-state index in [1.807, 2.05) is 13.8 Å². The number of hydrogen-bond acceptors (Lipinski definition) is 0. The van der Waals surface area contributed by atoms with Crippen molar-refractivity contribution in [3.63, 3.8) is 0 Å². The number of halogens is 4. The standard InChI is InChI=1S/C8H14BrF3/c1-6(7(2)9)4-3-5-8(10,11)12/h6-7H,3-5H2,1-2H3. The molecule has 0 nitrogen and oxygen atoms in total. The molecule has 0 N–H and O–H groups in total. The Bertz CT molecular complexity index is 120. The molecule has 0 amide bonds. The predicted molar refractivity (Wildman–Crippen MR) is 47.5 cm³/mol. The summed E-state index contributed by atoms with van der Waals surface area (Å²) in [6.45, 7) is 3.91. The molecule has 0 aliphatic rings. The molecule has 2 unspecified atom stereocenters. The van der Waals surface area contributed by atoms with Crippen LogP contribution in [0.5, 0.6) is 0 Å². The number of hydrogen-bond donors (Lipinski definition) is 0. The summed E-state index contributed by atoms with van der Waals surface area (Å²) in [5.41, 5.74) is 0. The van der Waals surface area contributed by atoms with E-state index in [1.165, 1.54) is 0 Å². The zero-order valence-electron chi connectivity index (χ0n) is 7.29. The third-order valence-electron chi connectivity index (χ3n) is 1.90. The molecule has 4 heteroatoms. The van der Waals surface area contributed by atoms with Crippen LogP contribution in [0.3, 0.4) is 0 Å². The molecule has 0 aliphatic carbocycles. The fraction of sp³-hybridized carbons (Fsp3) is 1.00. The highest BCUT2D eigenvalue weighted by Gasteiger charge is 2.26. The van der Waals surface area contributed by atoms with Gasteiger partial charge in [-0.2, -0.15) is 13.2 Å². The predicted octanol–water partition coefficient (Wildman–Crippen LogP) is 4.14. The van der Waals surface area contributed by atoms with Crippen molar-refractivity contribution in [3.8, 4) is 0 Å². The van der Waals surface area contributed by atoms with Gasteiger partial charge < -0.3 is 0 Å². The topological polar surface area (TPSA) is 0 Å². The summed E-state index contributed by atoms with van der Waals surface area (Å²) in [7, 11) is 0. The van der Waals surface area contributed by atoms with Gasteiger partial charge in [0.05, 0.1) is 0 Å². The van der Waals surface area contributed by atoms with E-state index in [4.69, 9.17) is 0 Å². The Morgan fingerprint density at radius 2 is 1.75 bits per heavy atom. The van der Waals surface area contributed by atoms with Crippen molar-refractivity contribution in [2.75, 3.05) is 0 Å². The molecule has 0 bridgehead atoms. The first-order valence-electron chi connectivity index (χ1n) is 4.04. The zero-order valence-corrected chi connectivity index (χ0v) is 8.87. The second-order valence-corrected chi connectivity index (χ2v) is 4.61. The minimum atomic E-state index is -3.99. The van der Waals surface area contributed by atoms with E-state index < -0.39 is 12.6 Å². The van der Waals surface area contributed by atoms with Crippen LogP contribution >= 0.6 is 15.9 Å². The minimum Gasteiger partial charge on any atom is -0.171 e. The third-order valence-corrected chi connectivity index (χ3v) is 2.81. The molecular weight excluding hydrogens is 233 g/mol. The lowest BCUT2D eigenvalue weighted by atomic mass is 10.0. The van der Waals surface area contributed by atoms with Crippen molar-refractivity contribution in [2.45, 2.75) is 44.1 Å². The lowest BCUT2D eigenvalue weighted by molar-refractivity contribution is -0.136. The lowest BCUT2D eigenvalue weighted by Crippen LogP contribution is -2.10. The number of alkyl halides is 4. The van der Waals surface area contributed by atoms with Gasteiger partial charge in [-0.1, -0.05) is 29.8 Å². The molecule has 0 aromatic carbocycles. The summed E-state index contributed by atoms with van der Waals surface area (Å²) in [6, 6.07) is 0. The molecule has 0 saturated carbocycles. The van der Waals surface area contributed by atoms with Crippen LogP contribution in [0.1, 0.15) is 33.1 Å². The van der Waals surface area contributed by atoms with Crippen molar-refractivity contribution in [2.24, 2.45) is 5.92 Å². The van der Waals surface area contributed by atoms with E-state index in [0.29, 0.717) is 17.2 Å². The molecule has 74 valence electrons. The molecule has 0 spiro atoms. The highest BCUT2D eigenvalue weighted by Crippen LogP contribution is 2.25. The van der Waals surface area contributed by atoms with Crippen LogP contribution in [-0.4, -0.2) is 11.0 Å². The van der Waals surface area contributed by atoms with Gasteiger partial charge in [-0.25, -0.2) is 0 Å². The minimum absolute atomic E-state index is 0.237. The Kier molecular flexibility index (Phi) is 5.21. The molecule has 0 rings (SSSR count). The molecule has 0 fully saturated rings. The molecule has 0 aromatic rings. The largest absolute Gasteiger partial charge is 0.389 e. The summed E-state index contributed by atoms with van der Waals surface area (Å²) in [5.74, 6) is 0.312. The fourth-order valence-corrected chi connectivity index (χ4v) is 1.12. The molecule has 0 aromatic heterocycles. The van der Waals surface area contributed by atoms with Gasteiger partial charge in [0.1, 0.15) is 0 Å². The average Bonchev–Trinajstić information content (AvgIpc) is 1.84. The van der Waals surface area contributed by atoms with Gasteiger partial charge in [0, 0.05) is 11.2 Å². The van der Waals surface area contributed by atoms with Crippen LogP contribution in [0.25, 0.3) is 0 Å². The van der Waals surface area contributed by atoms with Crippen LogP contribution < -0.4 is 0 Å². The van der Waals surface area contributed by atoms with Crippen LogP contribution in [0.2, 0.25) is 0 Å². The Morgan fingerprint density at radius 3 is 2.08 bits per heavy atom. The van der Waals surface area contributed by atoms with E-state index in [2.05, 4.69) is 15.9 Å². The first kappa shape index (κ1) is 12.3. The van der Waals surface area contributed by atoms with Crippen LogP contribution in [0.15, 0.2) is 0 Å². The van der Waals surface area contributed by atoms with Gasteiger partial charge in [0.15, 0.2) is 0 Å². The maximum Gasteiger partial charge on any atom is 0.389 e. The quantitative estimate of drug-likeness (QED) is 0.655. The van der Waals surface area contributed by atoms with Gasteiger partial charge >= 0.3 is 6.18 Å². The van der Waals surface area contributed by atoms with Crippen molar-refractivity contribution in [3.05, 3.63) is 0 Å². The van der Waals surface area contributed by atoms with Crippen molar-refractivity contribution >= 4 is 15.9 Å². The van der Waals surface area contributed by atoms with Gasteiger partial charge in [-0.3, -0.25) is 0 Å². The van der Waals surface area contributed by atoms with Crippen molar-refractivity contribution in [1.82, 2.24) is 0 Å². The molecule has 0 aliphatic heterocycles. The van der Waals surface area contributed by atoms with Crippen LogP contribution in [0, 0.1) is 5.92 Å². The van der Waals surface area contributed by atoms with E-state index in [-0.39, 0.29) is 6.42 Å². The van der Waals surface area contributed by atoms with Crippen molar-refractivity contribution < 1.29 is 13.2 Å². The Labute approximate surface area is 79.7 Å². The molecule has 0 radical (unpaired) electrons. The summed E-state index contributed by atoms with van der Waals surface area (Å²) in [6.07, 6.45) is -3.78. The number of rotatable bonds is 4. The Balaban J connectivity index is 3.44. The molecular formula is C8H14BrF3. The highest BCUT2D eigenvalue weighted by molar-refractivity contribution is 9.09. The molecule has 0 saturated heterocycles. The van der Waals surface area contributed by atoms with E-state index >= 15 is 0 Å². The molecule has 12 heavy (non-hydrogen) atoms. The van der Waals surface area contributed by atoms with Gasteiger partial charge in [-0.05, 0) is 18.8 Å². The summed E-state index contributed by atoms with van der Waals surface area (Å²) < 4.78 is 35.1. The second-order valence-electron chi connectivity index (χ2n) is 3.16.